The van der Waals surface area contributed by atoms with Crippen molar-refractivity contribution in [3.8, 4) is 0 Å². The predicted octanol–water partition coefficient (Wildman–Crippen LogP) is 3.47. The summed E-state index contributed by atoms with van der Waals surface area (Å²) >= 11 is 0. The van der Waals surface area contributed by atoms with Crippen LogP contribution >= 0.6 is 0 Å². The Kier molecular flexibility index (Phi) is 3.82. The highest BCUT2D eigenvalue weighted by molar-refractivity contribution is 5.76. The second kappa shape index (κ2) is 6.02. The van der Waals surface area contributed by atoms with E-state index in [4.69, 9.17) is 0 Å². The molecule has 1 aromatic rings. The van der Waals surface area contributed by atoms with Gasteiger partial charge in [-0.15, -0.1) is 0 Å². The molecule has 0 amide bonds. The first-order chi connectivity index (χ1) is 12.1. The van der Waals surface area contributed by atoms with Gasteiger partial charge in [-0.05, 0) is 25.0 Å². The normalized spacial score (nSPS) is 28.3. The lowest BCUT2D eigenvalue weighted by atomic mass is 9.97. The molecule has 0 bridgehead atoms. The molecule has 1 N–H and O–H groups in total. The number of alkyl halides is 1. The van der Waals surface area contributed by atoms with Gasteiger partial charge in [-0.3, -0.25) is 5.10 Å². The lowest BCUT2D eigenvalue weighted by Gasteiger charge is -2.42. The van der Waals surface area contributed by atoms with Crippen molar-refractivity contribution in [3.05, 3.63) is 71.3 Å². The van der Waals surface area contributed by atoms with Crippen LogP contribution in [0.2, 0.25) is 0 Å². The first-order valence-corrected chi connectivity index (χ1v) is 8.42. The molecular weight excluding hydrogens is 322 g/mol. The van der Waals surface area contributed by atoms with Crippen LogP contribution in [-0.4, -0.2) is 46.3 Å². The Labute approximate surface area is 145 Å². The fourth-order valence-electron chi connectivity index (χ4n) is 3.80. The van der Waals surface area contributed by atoms with Gasteiger partial charge < -0.3 is 9.80 Å². The summed E-state index contributed by atoms with van der Waals surface area (Å²) in [6.07, 6.45) is 7.97. The van der Waals surface area contributed by atoms with Crippen LogP contribution in [-0.2, 0) is 6.42 Å². The van der Waals surface area contributed by atoms with Crippen molar-refractivity contribution in [3.63, 3.8) is 0 Å². The molecule has 0 radical (unpaired) electrons. The number of allylic oxidation sites excluding steroid dienone is 7. The van der Waals surface area contributed by atoms with E-state index in [1.54, 1.807) is 12.3 Å². The molecule has 3 heterocycles. The van der Waals surface area contributed by atoms with Gasteiger partial charge in [-0.25, -0.2) is 8.78 Å². The van der Waals surface area contributed by atoms with E-state index in [0.29, 0.717) is 18.7 Å². The van der Waals surface area contributed by atoms with E-state index in [1.807, 2.05) is 18.0 Å². The number of nitrogens with zero attached hydrogens (tertiary/aromatic N) is 3. The second-order valence-electron chi connectivity index (χ2n) is 6.45. The number of rotatable bonds is 2. The molecule has 1 aliphatic carbocycles. The van der Waals surface area contributed by atoms with Gasteiger partial charge in [-0.1, -0.05) is 18.7 Å². The summed E-state index contributed by atoms with van der Waals surface area (Å²) in [4.78, 5) is 4.12. The largest absolute Gasteiger partial charge is 0.360 e. The van der Waals surface area contributed by atoms with E-state index in [0.717, 1.165) is 35.6 Å². The lowest BCUT2D eigenvalue weighted by Crippen LogP contribution is -2.42. The molecule has 25 heavy (non-hydrogen) atoms. The predicted molar refractivity (Wildman–Crippen MR) is 93.6 cm³/mol. The van der Waals surface area contributed by atoms with Crippen LogP contribution in [0.15, 0.2) is 60.0 Å². The fourth-order valence-corrected chi connectivity index (χ4v) is 3.80. The van der Waals surface area contributed by atoms with Crippen LogP contribution in [0.25, 0.3) is 5.57 Å². The number of hydrogen-bond donors (Lipinski definition) is 1. The molecule has 130 valence electrons. The molecule has 1 fully saturated rings. The van der Waals surface area contributed by atoms with Crippen LogP contribution < -0.4 is 0 Å². The first-order valence-electron chi connectivity index (χ1n) is 8.42. The minimum Gasteiger partial charge on any atom is -0.360 e. The maximum Gasteiger partial charge on any atom is 0.149 e. The van der Waals surface area contributed by atoms with E-state index in [1.165, 1.54) is 12.2 Å². The van der Waals surface area contributed by atoms with E-state index < -0.39 is 12.0 Å². The van der Waals surface area contributed by atoms with Gasteiger partial charge in [0, 0.05) is 42.5 Å². The SMILES string of the molecule is C=C/C1=C2\N(C)CCCN2/C(C2=C(F)C=CC2F)=C/Cc2cn[nH]c21. The lowest BCUT2D eigenvalue weighted by molar-refractivity contribution is 0.217. The number of halogens is 2. The van der Waals surface area contributed by atoms with E-state index in [9.17, 15) is 8.78 Å². The molecule has 1 saturated heterocycles. The number of hydrogen-bond acceptors (Lipinski definition) is 3. The monoisotopic (exact) mass is 342 g/mol. The summed E-state index contributed by atoms with van der Waals surface area (Å²) in [7, 11) is 1.99. The summed E-state index contributed by atoms with van der Waals surface area (Å²) in [5.41, 5.74) is 3.52. The van der Waals surface area contributed by atoms with Crippen molar-refractivity contribution in [1.29, 1.82) is 0 Å². The van der Waals surface area contributed by atoms with E-state index in [-0.39, 0.29) is 5.57 Å². The average Bonchev–Trinajstić information content (AvgIpc) is 3.17. The zero-order valence-electron chi connectivity index (χ0n) is 14.1. The Morgan fingerprint density at radius 3 is 2.96 bits per heavy atom. The highest BCUT2D eigenvalue weighted by Gasteiger charge is 2.34. The molecule has 1 unspecified atom stereocenters. The molecule has 1 atom stereocenters. The van der Waals surface area contributed by atoms with Crippen LogP contribution in [0.1, 0.15) is 17.7 Å². The Balaban J connectivity index is 1.94. The molecule has 2 aliphatic heterocycles. The van der Waals surface area contributed by atoms with Gasteiger partial charge in [0.25, 0.3) is 0 Å². The molecular formula is C19H20F2N4. The molecule has 4 rings (SSSR count). The molecule has 3 aliphatic rings. The van der Waals surface area contributed by atoms with Crippen LogP contribution in [0.5, 0.6) is 0 Å². The van der Waals surface area contributed by atoms with Gasteiger partial charge >= 0.3 is 0 Å². The summed E-state index contributed by atoms with van der Waals surface area (Å²) in [5.74, 6) is 0.400. The summed E-state index contributed by atoms with van der Waals surface area (Å²) in [5, 5.41) is 7.20. The molecule has 6 heteroatoms. The van der Waals surface area contributed by atoms with E-state index >= 15 is 0 Å². The van der Waals surface area contributed by atoms with Crippen molar-refractivity contribution in [1.82, 2.24) is 20.0 Å². The Hall–Kier alpha value is -2.63. The number of aromatic amines is 1. The zero-order chi connectivity index (χ0) is 17.6. The van der Waals surface area contributed by atoms with Crippen molar-refractivity contribution in [2.24, 2.45) is 0 Å². The zero-order valence-corrected chi connectivity index (χ0v) is 14.1. The number of fused-ring (bicyclic) bond motifs is 2. The quantitative estimate of drug-likeness (QED) is 0.894. The number of aromatic nitrogens is 2. The maximum absolute atomic E-state index is 14.4. The first kappa shape index (κ1) is 15.9. The van der Waals surface area contributed by atoms with Crippen molar-refractivity contribution in [2.45, 2.75) is 19.0 Å². The van der Waals surface area contributed by atoms with Crippen LogP contribution in [0.3, 0.4) is 0 Å². The third kappa shape index (κ3) is 2.44. The van der Waals surface area contributed by atoms with Crippen molar-refractivity contribution < 1.29 is 8.78 Å². The van der Waals surface area contributed by atoms with E-state index in [2.05, 4.69) is 21.7 Å². The second-order valence-corrected chi connectivity index (χ2v) is 6.45. The number of H-pyrrole nitrogens is 1. The van der Waals surface area contributed by atoms with Gasteiger partial charge in [0.05, 0.1) is 11.9 Å². The van der Waals surface area contributed by atoms with Crippen LogP contribution in [0.4, 0.5) is 8.78 Å². The summed E-state index contributed by atoms with van der Waals surface area (Å²) in [6, 6.07) is 0. The van der Waals surface area contributed by atoms with Crippen molar-refractivity contribution in [2.75, 3.05) is 20.1 Å². The van der Waals surface area contributed by atoms with Crippen LogP contribution in [0, 0.1) is 0 Å². The Morgan fingerprint density at radius 2 is 2.24 bits per heavy atom. The molecule has 4 nitrogen and oxygen atoms in total. The van der Waals surface area contributed by atoms with Gasteiger partial charge in [0.2, 0.25) is 0 Å². The molecule has 0 saturated carbocycles. The van der Waals surface area contributed by atoms with Gasteiger partial charge in [0.1, 0.15) is 17.8 Å². The molecule has 0 aromatic carbocycles. The minimum atomic E-state index is -1.42. The topological polar surface area (TPSA) is 35.2 Å². The third-order valence-corrected chi connectivity index (χ3v) is 4.95. The molecule has 0 spiro atoms. The standard InChI is InChI=1S/C19H20F2N4/c1-3-13-18-12(11-22-23-18)5-8-16(17-14(20)6-7-15(17)21)25-10-4-9-24(2)19(13)25/h3,6-8,11,14H,1,4-5,9-10H2,2H3,(H,22,23)/b16-8+,19-13-. The Morgan fingerprint density at radius 1 is 1.40 bits per heavy atom. The smallest absolute Gasteiger partial charge is 0.149 e. The average molecular weight is 342 g/mol. The van der Waals surface area contributed by atoms with Gasteiger partial charge in [-0.2, -0.15) is 5.10 Å². The fraction of sp³-hybridized carbons (Fsp3) is 0.316. The van der Waals surface area contributed by atoms with Crippen molar-refractivity contribution >= 4 is 5.57 Å². The highest BCUT2D eigenvalue weighted by atomic mass is 19.1. The maximum atomic E-state index is 14.4. The molecule has 1 aromatic heterocycles. The number of nitrogens with one attached hydrogen (secondary N) is 1. The van der Waals surface area contributed by atoms with Gasteiger partial charge in [0.15, 0.2) is 0 Å². The third-order valence-electron chi connectivity index (χ3n) is 4.95. The summed E-state index contributed by atoms with van der Waals surface area (Å²) in [6.45, 7) is 5.54. The summed E-state index contributed by atoms with van der Waals surface area (Å²) < 4.78 is 28.8. The minimum absolute atomic E-state index is 0.114. The highest BCUT2D eigenvalue weighted by Crippen LogP contribution is 2.39. The Bertz CT molecular complexity index is 843.